The Bertz CT molecular complexity index is 911. The molecule has 0 unspecified atom stereocenters. The molecule has 0 saturated heterocycles. The molecule has 0 aliphatic heterocycles. The number of nitrogens with zero attached hydrogens (tertiary/aromatic N) is 2. The van der Waals surface area contributed by atoms with Gasteiger partial charge in [0.15, 0.2) is 6.61 Å². The molecule has 0 aliphatic carbocycles. The molecule has 0 N–H and O–H groups in total. The van der Waals surface area contributed by atoms with E-state index < -0.39 is 5.97 Å². The van der Waals surface area contributed by atoms with E-state index >= 15 is 0 Å². The zero-order valence-corrected chi connectivity index (χ0v) is 15.6. The van der Waals surface area contributed by atoms with Crippen molar-refractivity contribution in [1.29, 1.82) is 0 Å². The quantitative estimate of drug-likeness (QED) is 0.626. The summed E-state index contributed by atoms with van der Waals surface area (Å²) in [4.78, 5) is 27.9. The van der Waals surface area contributed by atoms with Crippen LogP contribution in [-0.2, 0) is 16.1 Å². The summed E-state index contributed by atoms with van der Waals surface area (Å²) >= 11 is 0. The van der Waals surface area contributed by atoms with Gasteiger partial charge in [-0.1, -0.05) is 30.3 Å². The predicted octanol–water partition coefficient (Wildman–Crippen LogP) is 3.31. The Morgan fingerprint density at radius 2 is 1.70 bits per heavy atom. The van der Waals surface area contributed by atoms with Crippen molar-refractivity contribution in [2.45, 2.75) is 6.54 Å². The first-order chi connectivity index (χ1) is 12.9. The summed E-state index contributed by atoms with van der Waals surface area (Å²) in [6.07, 6.45) is 0. The molecular formula is C21H22N2O4. The number of carbonyl (C=O) groups is 2. The summed E-state index contributed by atoms with van der Waals surface area (Å²) in [5.41, 5.74) is 2.70. The number of fused-ring (bicyclic) bond motifs is 1. The molecule has 0 radical (unpaired) electrons. The van der Waals surface area contributed by atoms with Crippen LogP contribution in [0.25, 0.3) is 11.0 Å². The van der Waals surface area contributed by atoms with Crippen LogP contribution in [0.3, 0.4) is 0 Å². The third-order valence-corrected chi connectivity index (χ3v) is 4.25. The summed E-state index contributed by atoms with van der Waals surface area (Å²) in [5, 5.41) is 0.814. The topological polar surface area (TPSA) is 63.0 Å². The standard InChI is InChI=1S/C21H22N2O4/c1-22(2)17-10-8-15(9-11-17)13-23(3)20(24)14-26-21(25)19-12-16-6-4-5-7-18(16)27-19/h4-12H,13-14H2,1-3H3. The first kappa shape index (κ1) is 18.5. The van der Waals surface area contributed by atoms with E-state index in [-0.39, 0.29) is 18.3 Å². The number of amides is 1. The van der Waals surface area contributed by atoms with Gasteiger partial charge in [-0.3, -0.25) is 4.79 Å². The highest BCUT2D eigenvalue weighted by atomic mass is 16.5. The minimum Gasteiger partial charge on any atom is -0.450 e. The molecule has 27 heavy (non-hydrogen) atoms. The lowest BCUT2D eigenvalue weighted by atomic mass is 10.2. The minimum absolute atomic E-state index is 0.0888. The Balaban J connectivity index is 1.54. The van der Waals surface area contributed by atoms with Gasteiger partial charge in [0.1, 0.15) is 5.58 Å². The summed E-state index contributed by atoms with van der Waals surface area (Å²) in [5.74, 6) is -0.842. The van der Waals surface area contributed by atoms with Crippen LogP contribution in [0, 0.1) is 0 Å². The summed E-state index contributed by atoms with van der Waals surface area (Å²) in [6, 6.07) is 16.8. The normalized spacial score (nSPS) is 10.6. The highest BCUT2D eigenvalue weighted by Gasteiger charge is 2.17. The highest BCUT2D eigenvalue weighted by molar-refractivity contribution is 5.93. The lowest BCUT2D eigenvalue weighted by molar-refractivity contribution is -0.133. The number of furan rings is 1. The fraction of sp³-hybridized carbons (Fsp3) is 0.238. The van der Waals surface area contributed by atoms with Crippen LogP contribution in [0.1, 0.15) is 16.1 Å². The molecule has 0 aliphatic rings. The largest absolute Gasteiger partial charge is 0.450 e. The molecular weight excluding hydrogens is 344 g/mol. The van der Waals surface area contributed by atoms with Crippen LogP contribution >= 0.6 is 0 Å². The summed E-state index contributed by atoms with van der Waals surface area (Å²) in [7, 11) is 5.62. The summed E-state index contributed by atoms with van der Waals surface area (Å²) in [6.45, 7) is 0.108. The van der Waals surface area contributed by atoms with E-state index in [0.717, 1.165) is 16.6 Å². The monoisotopic (exact) mass is 366 g/mol. The maximum Gasteiger partial charge on any atom is 0.374 e. The van der Waals surface area contributed by atoms with Crippen LogP contribution < -0.4 is 4.90 Å². The Hall–Kier alpha value is -3.28. The van der Waals surface area contributed by atoms with Gasteiger partial charge in [0.25, 0.3) is 5.91 Å². The molecule has 6 nitrogen and oxygen atoms in total. The smallest absolute Gasteiger partial charge is 0.374 e. The SMILES string of the molecule is CN(Cc1ccc(N(C)C)cc1)C(=O)COC(=O)c1cc2ccccc2o1. The van der Waals surface area contributed by atoms with Crippen LogP contribution in [0.15, 0.2) is 59.0 Å². The molecule has 1 amide bonds. The Morgan fingerprint density at radius 1 is 1.00 bits per heavy atom. The van der Waals surface area contributed by atoms with Gasteiger partial charge in [-0.05, 0) is 29.8 Å². The van der Waals surface area contributed by atoms with Crippen LogP contribution in [0.4, 0.5) is 5.69 Å². The van der Waals surface area contributed by atoms with Gasteiger partial charge < -0.3 is 19.0 Å². The molecule has 0 spiro atoms. The van der Waals surface area contributed by atoms with Gasteiger partial charge >= 0.3 is 5.97 Å². The van der Waals surface area contributed by atoms with E-state index in [1.54, 1.807) is 19.2 Å². The molecule has 0 saturated carbocycles. The van der Waals surface area contributed by atoms with Gasteiger partial charge in [-0.2, -0.15) is 0 Å². The Kier molecular flexibility index (Phi) is 5.45. The number of rotatable bonds is 6. The van der Waals surface area contributed by atoms with E-state index in [1.807, 2.05) is 61.5 Å². The van der Waals surface area contributed by atoms with E-state index in [4.69, 9.17) is 9.15 Å². The zero-order chi connectivity index (χ0) is 19.4. The number of hydrogen-bond acceptors (Lipinski definition) is 5. The molecule has 3 rings (SSSR count). The fourth-order valence-corrected chi connectivity index (χ4v) is 2.65. The number of likely N-dealkylation sites (N-methyl/N-ethyl adjacent to an activating group) is 1. The van der Waals surface area contributed by atoms with Crippen molar-refractivity contribution in [3.8, 4) is 0 Å². The molecule has 140 valence electrons. The minimum atomic E-state index is -0.650. The molecule has 1 aromatic heterocycles. The van der Waals surface area contributed by atoms with Crippen LogP contribution in [0.5, 0.6) is 0 Å². The van der Waals surface area contributed by atoms with Gasteiger partial charge in [0, 0.05) is 38.8 Å². The van der Waals surface area contributed by atoms with Crippen molar-refractivity contribution < 1.29 is 18.7 Å². The fourth-order valence-electron chi connectivity index (χ4n) is 2.65. The van der Waals surface area contributed by atoms with Crippen molar-refractivity contribution >= 4 is 28.5 Å². The van der Waals surface area contributed by atoms with Crippen molar-refractivity contribution in [2.24, 2.45) is 0 Å². The third kappa shape index (κ3) is 4.47. The summed E-state index contributed by atoms with van der Waals surface area (Å²) < 4.78 is 10.5. The maximum atomic E-state index is 12.2. The van der Waals surface area contributed by atoms with E-state index in [9.17, 15) is 9.59 Å². The number of para-hydroxylation sites is 1. The van der Waals surface area contributed by atoms with E-state index in [1.165, 1.54) is 4.90 Å². The number of ether oxygens (including phenoxy) is 1. The molecule has 2 aromatic carbocycles. The lowest BCUT2D eigenvalue weighted by Crippen LogP contribution is -2.30. The number of esters is 1. The molecule has 0 bridgehead atoms. The number of hydrogen-bond donors (Lipinski definition) is 0. The highest BCUT2D eigenvalue weighted by Crippen LogP contribution is 2.19. The molecule has 0 atom stereocenters. The molecule has 6 heteroatoms. The van der Waals surface area contributed by atoms with Crippen LogP contribution in [-0.4, -0.2) is 44.5 Å². The third-order valence-electron chi connectivity index (χ3n) is 4.25. The van der Waals surface area contributed by atoms with Gasteiger partial charge in [-0.15, -0.1) is 0 Å². The van der Waals surface area contributed by atoms with Crippen LogP contribution in [0.2, 0.25) is 0 Å². The molecule has 1 heterocycles. The Labute approximate surface area is 157 Å². The number of benzene rings is 2. The predicted molar refractivity (Wildman–Crippen MR) is 104 cm³/mol. The van der Waals surface area contributed by atoms with Gasteiger partial charge in [0.2, 0.25) is 5.76 Å². The van der Waals surface area contributed by atoms with E-state index in [2.05, 4.69) is 0 Å². The van der Waals surface area contributed by atoms with Crippen molar-refractivity contribution in [1.82, 2.24) is 4.90 Å². The molecule has 0 fully saturated rings. The number of carbonyl (C=O) groups excluding carboxylic acids is 2. The van der Waals surface area contributed by atoms with Gasteiger partial charge in [-0.25, -0.2) is 4.79 Å². The first-order valence-corrected chi connectivity index (χ1v) is 8.60. The molecule has 3 aromatic rings. The van der Waals surface area contributed by atoms with Gasteiger partial charge in [0.05, 0.1) is 0 Å². The van der Waals surface area contributed by atoms with Crippen molar-refractivity contribution in [3.05, 3.63) is 65.9 Å². The second-order valence-electron chi connectivity index (χ2n) is 6.54. The zero-order valence-electron chi connectivity index (χ0n) is 15.6. The number of anilines is 1. The average Bonchev–Trinajstić information content (AvgIpc) is 3.10. The first-order valence-electron chi connectivity index (χ1n) is 8.60. The lowest BCUT2D eigenvalue weighted by Gasteiger charge is -2.18. The van der Waals surface area contributed by atoms with Crippen molar-refractivity contribution in [2.75, 3.05) is 32.6 Å². The van der Waals surface area contributed by atoms with E-state index in [0.29, 0.717) is 12.1 Å². The van der Waals surface area contributed by atoms with Crippen molar-refractivity contribution in [3.63, 3.8) is 0 Å². The Morgan fingerprint density at radius 3 is 2.37 bits per heavy atom. The average molecular weight is 366 g/mol. The second kappa shape index (κ2) is 7.95. The second-order valence-corrected chi connectivity index (χ2v) is 6.54. The maximum absolute atomic E-state index is 12.2.